The standard InChI is InChI=1S/C22H21N3O5S/c26-21(14-31-18-7-8-19-20(12-18)30-11-10-29-19)24-15-3-5-16(6-4-15)25-22(27)23-13-17-2-1-9-28-17/h1-9,12H,10-11,13-14H2,(H,24,26)(H2,23,25,27). The van der Waals surface area contributed by atoms with Crippen LogP contribution in [0.4, 0.5) is 16.2 Å². The molecule has 3 amide bonds. The highest BCUT2D eigenvalue weighted by atomic mass is 32.2. The van der Waals surface area contributed by atoms with E-state index in [-0.39, 0.29) is 17.7 Å². The van der Waals surface area contributed by atoms with Gasteiger partial charge in [-0.1, -0.05) is 0 Å². The third-order valence-electron chi connectivity index (χ3n) is 4.31. The molecule has 1 aliphatic rings. The fourth-order valence-electron chi connectivity index (χ4n) is 2.85. The summed E-state index contributed by atoms with van der Waals surface area (Å²) < 4.78 is 16.2. The van der Waals surface area contributed by atoms with Gasteiger partial charge in [-0.25, -0.2) is 4.79 Å². The fraction of sp³-hybridized carbons (Fsp3) is 0.182. The fourth-order valence-corrected chi connectivity index (χ4v) is 3.58. The number of rotatable bonds is 7. The van der Waals surface area contributed by atoms with Gasteiger partial charge in [0, 0.05) is 16.3 Å². The first-order valence-electron chi connectivity index (χ1n) is 9.65. The molecule has 0 fully saturated rings. The molecule has 4 rings (SSSR count). The van der Waals surface area contributed by atoms with Crippen LogP contribution in [0.3, 0.4) is 0 Å². The lowest BCUT2D eigenvalue weighted by atomic mass is 10.3. The monoisotopic (exact) mass is 439 g/mol. The number of carbonyl (C=O) groups excluding carboxylic acids is 2. The molecule has 9 heteroatoms. The van der Waals surface area contributed by atoms with Gasteiger partial charge in [-0.05, 0) is 54.6 Å². The van der Waals surface area contributed by atoms with E-state index in [1.165, 1.54) is 11.8 Å². The molecule has 160 valence electrons. The Labute approximate surface area is 183 Å². The number of urea groups is 1. The van der Waals surface area contributed by atoms with Crippen LogP contribution in [0.25, 0.3) is 0 Å². The zero-order valence-corrected chi connectivity index (χ0v) is 17.4. The van der Waals surface area contributed by atoms with Crippen molar-refractivity contribution in [1.29, 1.82) is 0 Å². The first-order chi connectivity index (χ1) is 15.2. The Kier molecular flexibility index (Phi) is 6.63. The number of hydrogen-bond acceptors (Lipinski definition) is 6. The third-order valence-corrected chi connectivity index (χ3v) is 5.31. The average Bonchev–Trinajstić information content (AvgIpc) is 3.31. The van der Waals surface area contributed by atoms with Crippen LogP contribution in [0.15, 0.2) is 70.2 Å². The first-order valence-corrected chi connectivity index (χ1v) is 10.6. The van der Waals surface area contributed by atoms with E-state index in [2.05, 4.69) is 16.0 Å². The largest absolute Gasteiger partial charge is 0.486 e. The minimum absolute atomic E-state index is 0.128. The van der Waals surface area contributed by atoms with Gasteiger partial charge >= 0.3 is 6.03 Å². The van der Waals surface area contributed by atoms with Crippen molar-refractivity contribution in [2.75, 3.05) is 29.6 Å². The SMILES string of the molecule is O=C(CSc1ccc2c(c1)OCCO2)Nc1ccc(NC(=O)NCc2ccco2)cc1. The number of furan rings is 1. The summed E-state index contributed by atoms with van der Waals surface area (Å²) in [7, 11) is 0. The van der Waals surface area contributed by atoms with E-state index < -0.39 is 0 Å². The zero-order chi connectivity index (χ0) is 21.5. The van der Waals surface area contributed by atoms with Crippen molar-refractivity contribution in [1.82, 2.24) is 5.32 Å². The highest BCUT2D eigenvalue weighted by Gasteiger charge is 2.13. The van der Waals surface area contributed by atoms with Crippen LogP contribution in [0, 0.1) is 0 Å². The van der Waals surface area contributed by atoms with Crippen molar-refractivity contribution in [3.8, 4) is 11.5 Å². The Morgan fingerprint density at radius 2 is 1.65 bits per heavy atom. The summed E-state index contributed by atoms with van der Waals surface area (Å²) in [4.78, 5) is 25.1. The van der Waals surface area contributed by atoms with Gasteiger partial charge in [-0.2, -0.15) is 0 Å². The number of thioether (sulfide) groups is 1. The summed E-state index contributed by atoms with van der Waals surface area (Å²) in [5, 5.41) is 8.27. The lowest BCUT2D eigenvalue weighted by molar-refractivity contribution is -0.113. The Morgan fingerprint density at radius 1 is 0.903 bits per heavy atom. The van der Waals surface area contributed by atoms with Crippen LogP contribution in [0.2, 0.25) is 0 Å². The molecule has 0 bridgehead atoms. The van der Waals surface area contributed by atoms with Gasteiger partial charge in [-0.15, -0.1) is 11.8 Å². The molecule has 3 aromatic rings. The Balaban J connectivity index is 1.22. The third kappa shape index (κ3) is 5.95. The molecule has 0 radical (unpaired) electrons. The van der Waals surface area contributed by atoms with Gasteiger partial charge < -0.3 is 29.8 Å². The van der Waals surface area contributed by atoms with Crippen LogP contribution < -0.4 is 25.4 Å². The number of benzene rings is 2. The predicted molar refractivity (Wildman–Crippen MR) is 118 cm³/mol. The summed E-state index contributed by atoms with van der Waals surface area (Å²) >= 11 is 1.42. The Hall–Kier alpha value is -3.59. The number of carbonyl (C=O) groups is 2. The number of nitrogens with one attached hydrogen (secondary N) is 3. The minimum Gasteiger partial charge on any atom is -0.486 e. The second kappa shape index (κ2) is 9.94. The summed E-state index contributed by atoms with van der Waals surface area (Å²) in [6, 6.07) is 15.7. The molecule has 1 aliphatic heterocycles. The molecule has 1 aromatic heterocycles. The lowest BCUT2D eigenvalue weighted by Gasteiger charge is -2.18. The summed E-state index contributed by atoms with van der Waals surface area (Å²) in [6.45, 7) is 1.37. The van der Waals surface area contributed by atoms with Crippen molar-refractivity contribution < 1.29 is 23.5 Å². The molecule has 0 unspecified atom stereocenters. The normalized spacial score (nSPS) is 12.1. The van der Waals surface area contributed by atoms with Crippen LogP contribution in [-0.2, 0) is 11.3 Å². The van der Waals surface area contributed by atoms with Crippen molar-refractivity contribution in [2.24, 2.45) is 0 Å². The van der Waals surface area contributed by atoms with Crippen molar-refractivity contribution in [2.45, 2.75) is 11.4 Å². The molecule has 2 aromatic carbocycles. The van der Waals surface area contributed by atoms with E-state index in [0.717, 1.165) is 10.6 Å². The van der Waals surface area contributed by atoms with Crippen molar-refractivity contribution >= 4 is 35.1 Å². The Bertz CT molecular complexity index is 1040. The van der Waals surface area contributed by atoms with E-state index in [0.29, 0.717) is 42.6 Å². The van der Waals surface area contributed by atoms with E-state index in [1.54, 1.807) is 42.7 Å². The number of amides is 3. The molecule has 31 heavy (non-hydrogen) atoms. The van der Waals surface area contributed by atoms with E-state index in [1.807, 2.05) is 18.2 Å². The van der Waals surface area contributed by atoms with Crippen molar-refractivity contribution in [3.63, 3.8) is 0 Å². The highest BCUT2D eigenvalue weighted by Crippen LogP contribution is 2.34. The molecular weight excluding hydrogens is 418 g/mol. The van der Waals surface area contributed by atoms with Crippen LogP contribution >= 0.6 is 11.8 Å². The topological polar surface area (TPSA) is 102 Å². The molecule has 2 heterocycles. The quantitative estimate of drug-likeness (QED) is 0.479. The number of fused-ring (bicyclic) bond motifs is 1. The summed E-state index contributed by atoms with van der Waals surface area (Å²) in [5.41, 5.74) is 1.26. The van der Waals surface area contributed by atoms with Gasteiger partial charge in [0.15, 0.2) is 11.5 Å². The molecular formula is C22H21N3O5S. The van der Waals surface area contributed by atoms with Crippen LogP contribution in [0.5, 0.6) is 11.5 Å². The smallest absolute Gasteiger partial charge is 0.319 e. The van der Waals surface area contributed by atoms with E-state index in [4.69, 9.17) is 13.9 Å². The van der Waals surface area contributed by atoms with Crippen molar-refractivity contribution in [3.05, 3.63) is 66.6 Å². The maximum Gasteiger partial charge on any atom is 0.319 e. The molecule has 0 saturated heterocycles. The summed E-state index contributed by atoms with van der Waals surface area (Å²) in [6.07, 6.45) is 1.55. The van der Waals surface area contributed by atoms with Crippen LogP contribution in [-0.4, -0.2) is 30.9 Å². The van der Waals surface area contributed by atoms with Crippen LogP contribution in [0.1, 0.15) is 5.76 Å². The molecule has 8 nitrogen and oxygen atoms in total. The maximum atomic E-state index is 12.3. The first kappa shape index (κ1) is 20.7. The number of anilines is 2. The van der Waals surface area contributed by atoms with Gasteiger partial charge in [0.2, 0.25) is 5.91 Å². The molecule has 0 aliphatic carbocycles. The number of hydrogen-bond donors (Lipinski definition) is 3. The molecule has 3 N–H and O–H groups in total. The van der Waals surface area contributed by atoms with Gasteiger partial charge in [0.1, 0.15) is 19.0 Å². The molecule has 0 atom stereocenters. The zero-order valence-electron chi connectivity index (χ0n) is 16.6. The van der Waals surface area contributed by atoms with E-state index in [9.17, 15) is 9.59 Å². The second-order valence-corrected chi connectivity index (χ2v) is 7.66. The van der Waals surface area contributed by atoms with Gasteiger partial charge in [-0.3, -0.25) is 4.79 Å². The Morgan fingerprint density at radius 3 is 2.39 bits per heavy atom. The predicted octanol–water partition coefficient (Wildman–Crippen LogP) is 4.10. The maximum absolute atomic E-state index is 12.3. The molecule has 0 saturated carbocycles. The minimum atomic E-state index is -0.344. The van der Waals surface area contributed by atoms with E-state index >= 15 is 0 Å². The second-order valence-electron chi connectivity index (χ2n) is 6.61. The average molecular weight is 439 g/mol. The highest BCUT2D eigenvalue weighted by molar-refractivity contribution is 8.00. The lowest BCUT2D eigenvalue weighted by Crippen LogP contribution is -2.27. The summed E-state index contributed by atoms with van der Waals surface area (Å²) in [5.74, 6) is 2.23. The number of ether oxygens (including phenoxy) is 2. The molecule has 0 spiro atoms. The van der Waals surface area contributed by atoms with Gasteiger partial charge in [0.25, 0.3) is 0 Å². The van der Waals surface area contributed by atoms with Gasteiger partial charge in [0.05, 0.1) is 18.6 Å².